The zero-order valence-electron chi connectivity index (χ0n) is 41.4. The molecule has 0 atom stereocenters. The van der Waals surface area contributed by atoms with Gasteiger partial charge in [0.05, 0.1) is 28.0 Å². The third-order valence-corrected chi connectivity index (χ3v) is 12.8. The molecule has 66 heavy (non-hydrogen) atoms. The Morgan fingerprint density at radius 1 is 0.530 bits per heavy atom. The molecule has 6 aromatic carbocycles. The third kappa shape index (κ3) is 9.63. The Morgan fingerprint density at radius 2 is 1.11 bits per heavy atom. The van der Waals surface area contributed by atoms with Crippen molar-refractivity contribution in [2.24, 2.45) is 0 Å². The number of nitrogens with zero attached hydrogens (tertiary/aromatic N) is 3. The largest absolute Gasteiger partial charge is 2.00 e. The summed E-state index contributed by atoms with van der Waals surface area (Å²) < 4.78 is 8.34. The molecule has 0 bridgehead atoms. The van der Waals surface area contributed by atoms with Crippen LogP contribution in [-0.2, 0) is 42.7 Å². The summed E-state index contributed by atoms with van der Waals surface area (Å²) in [5.41, 5.74) is 19.1. The Labute approximate surface area is 409 Å². The molecule has 8 aromatic rings. The van der Waals surface area contributed by atoms with Crippen LogP contribution in [0.5, 0.6) is 5.75 Å². The first kappa shape index (κ1) is 48.4. The minimum Gasteiger partial charge on any atom is -0.665 e. The number of benzene rings is 6. The van der Waals surface area contributed by atoms with Gasteiger partial charge >= 0.3 is 21.1 Å². The van der Waals surface area contributed by atoms with E-state index in [-0.39, 0.29) is 42.7 Å². The summed E-state index contributed by atoms with van der Waals surface area (Å²) in [5.74, 6) is 1.50. The molecule has 0 spiro atoms. The van der Waals surface area contributed by atoms with Gasteiger partial charge in [-0.15, -0.1) is 29.3 Å². The van der Waals surface area contributed by atoms with Crippen LogP contribution in [0.1, 0.15) is 116 Å². The molecule has 5 heteroatoms. The number of ether oxygens (including phenoxy) is 1. The van der Waals surface area contributed by atoms with E-state index in [1.165, 1.54) is 22.3 Å². The average molecular weight is 1050 g/mol. The van der Waals surface area contributed by atoms with Gasteiger partial charge in [0.25, 0.3) is 0 Å². The summed E-state index contributed by atoms with van der Waals surface area (Å²) in [6, 6.07) is 48.5. The molecule has 0 fully saturated rings. The van der Waals surface area contributed by atoms with Crippen molar-refractivity contribution in [1.29, 1.82) is 0 Å². The van der Waals surface area contributed by atoms with Crippen LogP contribution in [-0.4, -0.2) is 14.5 Å². The first-order valence-corrected chi connectivity index (χ1v) is 23.0. The SMILES string of the molecule is [CH2-]Oc1c(C)cc(C)cc1-c1nc2c(-c3[c-]c(-c4cc(-c5ccc(C(C)(C)C)cc5)ccn4)cc(C(C)(C)C)c3)cccc2n1-c1cc(C(C)(C)C)ccc1-c1ccc(C(C)(C)C)cc1.[Pt+2]. The molecule has 2 heterocycles. The molecule has 0 amide bonds. The molecule has 0 aliphatic heterocycles. The second-order valence-corrected chi connectivity index (χ2v) is 22.1. The van der Waals surface area contributed by atoms with Crippen molar-refractivity contribution in [1.82, 2.24) is 14.5 Å². The van der Waals surface area contributed by atoms with Crippen molar-refractivity contribution in [3.63, 3.8) is 0 Å². The average Bonchev–Trinajstić information content (AvgIpc) is 3.64. The van der Waals surface area contributed by atoms with Crippen LogP contribution in [0.3, 0.4) is 0 Å². The van der Waals surface area contributed by atoms with Gasteiger partial charge in [-0.25, -0.2) is 4.98 Å². The van der Waals surface area contributed by atoms with Gasteiger partial charge in [-0.2, -0.15) is 7.11 Å². The predicted octanol–water partition coefficient (Wildman–Crippen LogP) is 16.5. The minimum absolute atomic E-state index is 0. The van der Waals surface area contributed by atoms with Crippen LogP contribution in [0.25, 0.3) is 72.7 Å². The summed E-state index contributed by atoms with van der Waals surface area (Å²) >= 11 is 0. The molecule has 0 unspecified atom stereocenters. The summed E-state index contributed by atoms with van der Waals surface area (Å²) in [7, 11) is 3.96. The van der Waals surface area contributed by atoms with Crippen LogP contribution in [0, 0.1) is 27.0 Å². The second kappa shape index (κ2) is 17.9. The van der Waals surface area contributed by atoms with Crippen molar-refractivity contribution >= 4 is 11.0 Å². The molecule has 0 radical (unpaired) electrons. The Balaban J connectivity index is 0.00000648. The molecule has 4 nitrogen and oxygen atoms in total. The zero-order chi connectivity index (χ0) is 46.8. The molecule has 0 saturated heterocycles. The van der Waals surface area contributed by atoms with Crippen molar-refractivity contribution < 1.29 is 25.8 Å². The van der Waals surface area contributed by atoms with Crippen molar-refractivity contribution in [2.75, 3.05) is 0 Å². The van der Waals surface area contributed by atoms with E-state index in [0.717, 1.165) is 83.9 Å². The number of fused-ring (bicyclic) bond motifs is 1. The van der Waals surface area contributed by atoms with Crippen LogP contribution in [0.15, 0.2) is 128 Å². The van der Waals surface area contributed by atoms with Crippen LogP contribution < -0.4 is 4.74 Å². The van der Waals surface area contributed by atoms with E-state index in [1.54, 1.807) is 0 Å². The first-order chi connectivity index (χ1) is 30.5. The van der Waals surface area contributed by atoms with Crippen molar-refractivity contribution in [3.05, 3.63) is 174 Å². The van der Waals surface area contributed by atoms with Crippen LogP contribution in [0.4, 0.5) is 0 Å². The fraction of sp³-hybridized carbons (Fsp3) is 0.295. The minimum atomic E-state index is -0.151. The topological polar surface area (TPSA) is 39.9 Å². The smallest absolute Gasteiger partial charge is 0.665 e. The Kier molecular flexibility index (Phi) is 13.1. The molecule has 0 N–H and O–H groups in total. The van der Waals surface area contributed by atoms with E-state index in [2.05, 4.69) is 236 Å². The number of hydrogen-bond acceptors (Lipinski definition) is 3. The van der Waals surface area contributed by atoms with Crippen molar-refractivity contribution in [3.8, 4) is 67.5 Å². The standard InChI is InChI=1S/C61H65N3O.Pt/c1-38-31-39(2)56(65-15)51(32-38)57-63-55-50(17-16-18-53(55)64(57)54-37-47(60(9,10)11)27-28-49(54)41-21-25-46(26-22-41)59(6,7)8)43-33-44(35-48(34-43)61(12,13)14)52-36-42(29-30-62-52)40-19-23-45(24-20-40)58(3,4)5;/h16-32,34-37H,15H2,1-14H3;/q-2;+2. The summed E-state index contributed by atoms with van der Waals surface area (Å²) in [6.07, 6.45) is 1.92. The van der Waals surface area contributed by atoms with Gasteiger partial charge in [0.15, 0.2) is 0 Å². The van der Waals surface area contributed by atoms with Gasteiger partial charge in [0.2, 0.25) is 0 Å². The van der Waals surface area contributed by atoms with Crippen molar-refractivity contribution in [2.45, 2.75) is 119 Å². The van der Waals surface area contributed by atoms with Gasteiger partial charge in [-0.05, 0) is 104 Å². The fourth-order valence-electron chi connectivity index (χ4n) is 8.84. The molecule has 8 rings (SSSR count). The maximum atomic E-state index is 5.99. The zero-order valence-corrected chi connectivity index (χ0v) is 43.7. The molecule has 2 aromatic heterocycles. The Morgan fingerprint density at radius 3 is 1.70 bits per heavy atom. The summed E-state index contributed by atoms with van der Waals surface area (Å²) in [5, 5.41) is 0. The quantitative estimate of drug-likeness (QED) is 0.149. The fourth-order valence-corrected chi connectivity index (χ4v) is 8.84. The van der Waals surface area contributed by atoms with Gasteiger partial charge in [-0.3, -0.25) is 9.55 Å². The van der Waals surface area contributed by atoms with E-state index in [9.17, 15) is 0 Å². The van der Waals surface area contributed by atoms with E-state index in [4.69, 9.17) is 14.7 Å². The number of aromatic nitrogens is 3. The van der Waals surface area contributed by atoms with Gasteiger partial charge in [0, 0.05) is 17.5 Å². The second-order valence-electron chi connectivity index (χ2n) is 22.1. The van der Waals surface area contributed by atoms with E-state index in [0.29, 0.717) is 5.75 Å². The van der Waals surface area contributed by atoms with E-state index >= 15 is 0 Å². The molecule has 0 aliphatic rings. The maximum Gasteiger partial charge on any atom is 2.00 e. The number of rotatable bonds is 7. The summed E-state index contributed by atoms with van der Waals surface area (Å²) in [6.45, 7) is 31.4. The number of para-hydroxylation sites is 1. The number of hydrogen-bond donors (Lipinski definition) is 0. The van der Waals surface area contributed by atoms with Crippen LogP contribution in [0.2, 0.25) is 0 Å². The van der Waals surface area contributed by atoms with E-state index in [1.807, 2.05) is 6.20 Å². The molecular weight excluding hydrogens is 986 g/mol. The van der Waals surface area contributed by atoms with Gasteiger partial charge in [-0.1, -0.05) is 179 Å². The maximum absolute atomic E-state index is 5.99. The Bertz CT molecular complexity index is 3050. The summed E-state index contributed by atoms with van der Waals surface area (Å²) in [4.78, 5) is 10.7. The third-order valence-electron chi connectivity index (χ3n) is 12.8. The normalized spacial score (nSPS) is 12.3. The van der Waals surface area contributed by atoms with Gasteiger partial charge < -0.3 is 4.74 Å². The number of aryl methyl sites for hydroxylation is 2. The number of pyridine rings is 1. The Hall–Kier alpha value is -5.57. The van der Waals surface area contributed by atoms with E-state index < -0.39 is 0 Å². The molecule has 0 aliphatic carbocycles. The first-order valence-electron chi connectivity index (χ1n) is 23.0. The monoisotopic (exact) mass is 1050 g/mol. The predicted molar refractivity (Wildman–Crippen MR) is 275 cm³/mol. The van der Waals surface area contributed by atoms with Gasteiger partial charge in [0.1, 0.15) is 5.82 Å². The van der Waals surface area contributed by atoms with Crippen LogP contribution >= 0.6 is 0 Å². The molecular formula is C61H65N3OPt. The molecule has 340 valence electrons. The number of imidazole rings is 1. The molecule has 0 saturated carbocycles.